The van der Waals surface area contributed by atoms with E-state index in [4.69, 9.17) is 0 Å². The van der Waals surface area contributed by atoms with Gasteiger partial charge in [-0.05, 0) is 6.92 Å². The average molecular weight is 260 g/mol. The maximum absolute atomic E-state index is 11.8. The number of H-pyrrole nitrogens is 1. The van der Waals surface area contributed by atoms with Crippen LogP contribution in [0.5, 0.6) is 0 Å². The first-order valence-corrected chi connectivity index (χ1v) is 6.52. The van der Waals surface area contributed by atoms with Gasteiger partial charge in [-0.2, -0.15) is 5.10 Å². The van der Waals surface area contributed by atoms with Crippen molar-refractivity contribution >= 4 is 15.9 Å². The SMILES string of the molecule is Cc1[nH]ncc1S(=O)(=O)NCCC(=O)N(C)C. The Morgan fingerprint density at radius 1 is 1.53 bits per heavy atom. The molecular formula is C9H16N4O3S. The number of aromatic amines is 1. The van der Waals surface area contributed by atoms with Crippen molar-refractivity contribution in [3.63, 3.8) is 0 Å². The molecule has 0 aliphatic heterocycles. The molecule has 0 spiro atoms. The van der Waals surface area contributed by atoms with E-state index >= 15 is 0 Å². The molecule has 0 radical (unpaired) electrons. The molecule has 0 aliphatic carbocycles. The van der Waals surface area contributed by atoms with Crippen molar-refractivity contribution < 1.29 is 13.2 Å². The van der Waals surface area contributed by atoms with Crippen LogP contribution in [0.15, 0.2) is 11.1 Å². The predicted octanol–water partition coefficient (Wildman–Crippen LogP) is -0.525. The second-order valence-electron chi connectivity index (χ2n) is 3.80. The van der Waals surface area contributed by atoms with Crippen LogP contribution in [0.3, 0.4) is 0 Å². The first-order chi connectivity index (χ1) is 7.84. The van der Waals surface area contributed by atoms with Crippen molar-refractivity contribution in [2.24, 2.45) is 0 Å². The van der Waals surface area contributed by atoms with Gasteiger partial charge in [-0.15, -0.1) is 0 Å². The van der Waals surface area contributed by atoms with Crippen molar-refractivity contribution in [2.75, 3.05) is 20.6 Å². The van der Waals surface area contributed by atoms with Gasteiger partial charge < -0.3 is 4.90 Å². The Morgan fingerprint density at radius 2 is 2.18 bits per heavy atom. The topological polar surface area (TPSA) is 95.2 Å². The zero-order valence-electron chi connectivity index (χ0n) is 10.0. The largest absolute Gasteiger partial charge is 0.349 e. The summed E-state index contributed by atoms with van der Waals surface area (Å²) in [6.07, 6.45) is 1.37. The lowest BCUT2D eigenvalue weighted by atomic mass is 10.4. The highest BCUT2D eigenvalue weighted by atomic mass is 32.2. The summed E-state index contributed by atoms with van der Waals surface area (Å²) in [6.45, 7) is 1.69. The standard InChI is InChI=1S/C9H16N4O3S/c1-7-8(6-10-12-7)17(15,16)11-5-4-9(14)13(2)3/h6,11H,4-5H2,1-3H3,(H,10,12). The molecule has 17 heavy (non-hydrogen) atoms. The summed E-state index contributed by atoms with van der Waals surface area (Å²) < 4.78 is 25.9. The average Bonchev–Trinajstić information content (AvgIpc) is 2.64. The van der Waals surface area contributed by atoms with Gasteiger partial charge in [-0.3, -0.25) is 9.89 Å². The van der Waals surface area contributed by atoms with Gasteiger partial charge in [-0.1, -0.05) is 0 Å². The number of hydrogen-bond acceptors (Lipinski definition) is 4. The van der Waals surface area contributed by atoms with Gasteiger partial charge in [0, 0.05) is 27.1 Å². The van der Waals surface area contributed by atoms with Gasteiger partial charge in [0.1, 0.15) is 4.90 Å². The fourth-order valence-corrected chi connectivity index (χ4v) is 2.37. The quantitative estimate of drug-likeness (QED) is 0.744. The van der Waals surface area contributed by atoms with Gasteiger partial charge in [0.25, 0.3) is 0 Å². The van der Waals surface area contributed by atoms with Crippen molar-refractivity contribution in [2.45, 2.75) is 18.2 Å². The molecule has 1 aromatic heterocycles. The van der Waals surface area contributed by atoms with Crippen LogP contribution in [0.2, 0.25) is 0 Å². The summed E-state index contributed by atoms with van der Waals surface area (Å²) >= 11 is 0. The van der Waals surface area contributed by atoms with Crippen LogP contribution in [-0.2, 0) is 14.8 Å². The fourth-order valence-electron chi connectivity index (χ4n) is 1.20. The summed E-state index contributed by atoms with van der Waals surface area (Å²) in [5.41, 5.74) is 0.469. The zero-order chi connectivity index (χ0) is 13.1. The molecule has 7 nitrogen and oxygen atoms in total. The Labute approximate surface area is 100 Å². The number of nitrogens with zero attached hydrogens (tertiary/aromatic N) is 2. The fraction of sp³-hybridized carbons (Fsp3) is 0.556. The highest BCUT2D eigenvalue weighted by Gasteiger charge is 2.18. The molecule has 1 aromatic rings. The Morgan fingerprint density at radius 3 is 2.65 bits per heavy atom. The highest BCUT2D eigenvalue weighted by Crippen LogP contribution is 2.10. The summed E-state index contributed by atoms with van der Waals surface area (Å²) in [7, 11) is -0.339. The van der Waals surface area contributed by atoms with E-state index < -0.39 is 10.0 Å². The minimum atomic E-state index is -3.58. The number of aromatic nitrogens is 2. The first-order valence-electron chi connectivity index (χ1n) is 5.04. The van der Waals surface area contributed by atoms with Crippen molar-refractivity contribution in [3.05, 3.63) is 11.9 Å². The first kappa shape index (κ1) is 13.7. The molecule has 0 saturated carbocycles. The third kappa shape index (κ3) is 3.53. The second-order valence-corrected chi connectivity index (χ2v) is 5.53. The second kappa shape index (κ2) is 5.28. The number of carbonyl (C=O) groups is 1. The maximum atomic E-state index is 11.8. The van der Waals surface area contributed by atoms with Gasteiger partial charge in [0.05, 0.1) is 11.9 Å². The van der Waals surface area contributed by atoms with Crippen LogP contribution in [-0.4, -0.2) is 50.1 Å². The lowest BCUT2D eigenvalue weighted by molar-refractivity contribution is -0.128. The molecule has 1 rings (SSSR count). The van der Waals surface area contributed by atoms with E-state index in [9.17, 15) is 13.2 Å². The third-order valence-electron chi connectivity index (χ3n) is 2.20. The lowest BCUT2D eigenvalue weighted by Gasteiger charge is -2.10. The zero-order valence-corrected chi connectivity index (χ0v) is 10.8. The molecule has 0 saturated heterocycles. The van der Waals surface area contributed by atoms with E-state index in [0.717, 1.165) is 0 Å². The monoisotopic (exact) mass is 260 g/mol. The number of nitrogens with one attached hydrogen (secondary N) is 2. The lowest BCUT2D eigenvalue weighted by Crippen LogP contribution is -2.30. The molecular weight excluding hydrogens is 244 g/mol. The molecule has 8 heteroatoms. The number of rotatable bonds is 5. The smallest absolute Gasteiger partial charge is 0.243 e. The molecule has 1 heterocycles. The van der Waals surface area contributed by atoms with Crippen LogP contribution >= 0.6 is 0 Å². The molecule has 0 atom stereocenters. The van der Waals surface area contributed by atoms with Gasteiger partial charge >= 0.3 is 0 Å². The molecule has 0 fully saturated rings. The van der Waals surface area contributed by atoms with E-state index in [1.165, 1.54) is 11.1 Å². The molecule has 0 bridgehead atoms. The predicted molar refractivity (Wildman–Crippen MR) is 61.8 cm³/mol. The van der Waals surface area contributed by atoms with Crippen LogP contribution in [0.4, 0.5) is 0 Å². The van der Waals surface area contributed by atoms with E-state index in [-0.39, 0.29) is 23.8 Å². The molecule has 1 amide bonds. The van der Waals surface area contributed by atoms with Crippen LogP contribution in [0.1, 0.15) is 12.1 Å². The normalized spacial score (nSPS) is 11.5. The van der Waals surface area contributed by atoms with Gasteiger partial charge in [0.15, 0.2) is 0 Å². The number of carbonyl (C=O) groups excluding carboxylic acids is 1. The van der Waals surface area contributed by atoms with Crippen molar-refractivity contribution in [3.8, 4) is 0 Å². The number of hydrogen-bond donors (Lipinski definition) is 2. The van der Waals surface area contributed by atoms with Crippen molar-refractivity contribution in [1.82, 2.24) is 19.8 Å². The Bertz CT molecular complexity index is 492. The van der Waals surface area contributed by atoms with Crippen LogP contribution < -0.4 is 4.72 Å². The molecule has 0 aliphatic rings. The summed E-state index contributed by atoms with van der Waals surface area (Å²) in [5.74, 6) is -0.128. The molecule has 0 aromatic carbocycles. The Kier molecular flexibility index (Phi) is 4.24. The van der Waals surface area contributed by atoms with Crippen LogP contribution in [0, 0.1) is 6.92 Å². The van der Waals surface area contributed by atoms with E-state index in [2.05, 4.69) is 14.9 Å². The minimum Gasteiger partial charge on any atom is -0.349 e. The summed E-state index contributed by atoms with van der Waals surface area (Å²) in [6, 6.07) is 0. The van der Waals surface area contributed by atoms with Gasteiger partial charge in [-0.25, -0.2) is 13.1 Å². The maximum Gasteiger partial charge on any atom is 0.243 e. The van der Waals surface area contributed by atoms with Crippen LogP contribution in [0.25, 0.3) is 0 Å². The van der Waals surface area contributed by atoms with Gasteiger partial charge in [0.2, 0.25) is 15.9 Å². The molecule has 2 N–H and O–H groups in total. The number of aryl methyl sites for hydroxylation is 1. The number of amides is 1. The Balaban J connectivity index is 2.58. The van der Waals surface area contributed by atoms with E-state index in [0.29, 0.717) is 5.69 Å². The summed E-state index contributed by atoms with van der Waals surface area (Å²) in [5, 5.41) is 6.19. The molecule has 96 valence electrons. The number of sulfonamides is 1. The van der Waals surface area contributed by atoms with E-state index in [1.807, 2.05) is 0 Å². The Hall–Kier alpha value is -1.41. The van der Waals surface area contributed by atoms with Crippen molar-refractivity contribution in [1.29, 1.82) is 0 Å². The summed E-state index contributed by atoms with van der Waals surface area (Å²) in [4.78, 5) is 12.8. The molecule has 0 unspecified atom stereocenters. The highest BCUT2D eigenvalue weighted by molar-refractivity contribution is 7.89. The van der Waals surface area contributed by atoms with E-state index in [1.54, 1.807) is 21.0 Å². The minimum absolute atomic E-state index is 0.0734. The third-order valence-corrected chi connectivity index (χ3v) is 3.78.